The van der Waals surface area contributed by atoms with E-state index in [2.05, 4.69) is 10.3 Å². The van der Waals surface area contributed by atoms with E-state index in [1.165, 1.54) is 23.5 Å². The lowest BCUT2D eigenvalue weighted by Gasteiger charge is -1.99. The molecule has 1 heterocycles. The second-order valence-corrected chi connectivity index (χ2v) is 4.68. The number of rotatable bonds is 5. The minimum Gasteiger partial charge on any atom is -0.395 e. The highest BCUT2D eigenvalue weighted by molar-refractivity contribution is 7.13. The lowest BCUT2D eigenvalue weighted by atomic mass is 10.2. The summed E-state index contributed by atoms with van der Waals surface area (Å²) in [6, 6.07) is 6.07. The zero-order valence-electron chi connectivity index (χ0n) is 10.3. The summed E-state index contributed by atoms with van der Waals surface area (Å²) in [6.07, 6.45) is 0. The molecular weight excluding hydrogens is 282 g/mol. The van der Waals surface area contributed by atoms with Gasteiger partial charge in [0.2, 0.25) is 0 Å². The van der Waals surface area contributed by atoms with E-state index in [-0.39, 0.29) is 30.4 Å². The number of aliphatic hydroxyl groups is 1. The van der Waals surface area contributed by atoms with Gasteiger partial charge in [0.15, 0.2) is 0 Å². The number of hydrogen-bond donors (Lipinski definition) is 2. The van der Waals surface area contributed by atoms with Crippen LogP contribution in [-0.2, 0) is 0 Å². The number of aromatic nitrogens is 1. The highest BCUT2D eigenvalue weighted by Gasteiger charge is 2.13. The van der Waals surface area contributed by atoms with Crippen LogP contribution in [0.25, 0.3) is 10.6 Å². The van der Waals surface area contributed by atoms with E-state index in [0.29, 0.717) is 10.6 Å². The van der Waals surface area contributed by atoms with Crippen LogP contribution >= 0.6 is 11.3 Å². The van der Waals surface area contributed by atoms with Crippen LogP contribution in [0.1, 0.15) is 10.5 Å². The summed E-state index contributed by atoms with van der Waals surface area (Å²) in [5.74, 6) is -0.382. The number of nitro benzene ring substituents is 1. The van der Waals surface area contributed by atoms with Gasteiger partial charge in [0, 0.05) is 29.6 Å². The van der Waals surface area contributed by atoms with Crippen LogP contribution in [0.3, 0.4) is 0 Å². The quantitative estimate of drug-likeness (QED) is 0.641. The molecule has 0 saturated carbocycles. The SMILES string of the molecule is O=C(NCCO)c1csc(-c2cccc([N+](=O)[O-])c2)n1. The Labute approximate surface area is 118 Å². The van der Waals surface area contributed by atoms with Gasteiger partial charge in [-0.1, -0.05) is 12.1 Å². The van der Waals surface area contributed by atoms with E-state index in [1.54, 1.807) is 17.5 Å². The topological polar surface area (TPSA) is 105 Å². The molecule has 0 aliphatic heterocycles. The van der Waals surface area contributed by atoms with Crippen molar-refractivity contribution in [2.24, 2.45) is 0 Å². The Morgan fingerprint density at radius 2 is 2.30 bits per heavy atom. The third-order valence-electron chi connectivity index (χ3n) is 2.44. The van der Waals surface area contributed by atoms with E-state index < -0.39 is 4.92 Å². The smallest absolute Gasteiger partial charge is 0.270 e. The van der Waals surface area contributed by atoms with Crippen molar-refractivity contribution in [3.63, 3.8) is 0 Å². The van der Waals surface area contributed by atoms with Crippen molar-refractivity contribution in [2.75, 3.05) is 13.2 Å². The number of thiazole rings is 1. The minimum atomic E-state index is -0.480. The van der Waals surface area contributed by atoms with Gasteiger partial charge in [0.25, 0.3) is 11.6 Å². The molecule has 0 aliphatic rings. The van der Waals surface area contributed by atoms with E-state index in [4.69, 9.17) is 5.11 Å². The van der Waals surface area contributed by atoms with Crippen LogP contribution in [0.5, 0.6) is 0 Å². The molecule has 0 atom stereocenters. The Morgan fingerprint density at radius 1 is 1.50 bits per heavy atom. The van der Waals surface area contributed by atoms with Gasteiger partial charge in [-0.15, -0.1) is 11.3 Å². The maximum absolute atomic E-state index is 11.6. The van der Waals surface area contributed by atoms with Crippen LogP contribution in [0.2, 0.25) is 0 Å². The van der Waals surface area contributed by atoms with E-state index in [9.17, 15) is 14.9 Å². The predicted molar refractivity (Wildman–Crippen MR) is 73.6 cm³/mol. The highest BCUT2D eigenvalue weighted by atomic mass is 32.1. The molecule has 2 N–H and O–H groups in total. The van der Waals surface area contributed by atoms with Gasteiger partial charge >= 0.3 is 0 Å². The lowest BCUT2D eigenvalue weighted by molar-refractivity contribution is -0.384. The Hall–Kier alpha value is -2.32. The molecule has 20 heavy (non-hydrogen) atoms. The summed E-state index contributed by atoms with van der Waals surface area (Å²) in [4.78, 5) is 26.0. The molecule has 2 aromatic rings. The summed E-state index contributed by atoms with van der Waals surface area (Å²) in [7, 11) is 0. The fourth-order valence-corrected chi connectivity index (χ4v) is 2.32. The Kier molecular flexibility index (Phi) is 4.38. The number of amides is 1. The number of hydrogen-bond acceptors (Lipinski definition) is 6. The number of non-ortho nitro benzene ring substituents is 1. The van der Waals surface area contributed by atoms with Crippen molar-refractivity contribution in [1.82, 2.24) is 10.3 Å². The van der Waals surface area contributed by atoms with Gasteiger partial charge in [0.1, 0.15) is 10.7 Å². The van der Waals surface area contributed by atoms with Crippen LogP contribution in [0.4, 0.5) is 5.69 Å². The summed E-state index contributed by atoms with van der Waals surface area (Å²) in [5, 5.41) is 23.9. The molecule has 104 valence electrons. The largest absolute Gasteiger partial charge is 0.395 e. The Morgan fingerprint density at radius 3 is 3.00 bits per heavy atom. The van der Waals surface area contributed by atoms with Crippen molar-refractivity contribution in [3.05, 3.63) is 45.5 Å². The summed E-state index contributed by atoms with van der Waals surface area (Å²) in [6.45, 7) is 0.0100. The van der Waals surface area contributed by atoms with E-state index >= 15 is 0 Å². The van der Waals surface area contributed by atoms with E-state index in [1.807, 2.05) is 0 Å². The highest BCUT2D eigenvalue weighted by Crippen LogP contribution is 2.26. The lowest BCUT2D eigenvalue weighted by Crippen LogP contribution is -2.26. The molecule has 0 saturated heterocycles. The second kappa shape index (κ2) is 6.22. The molecule has 1 aromatic heterocycles. The molecule has 1 amide bonds. The van der Waals surface area contributed by atoms with Gasteiger partial charge in [-0.2, -0.15) is 0 Å². The predicted octanol–water partition coefficient (Wildman–Crippen LogP) is 1.44. The first kappa shape index (κ1) is 14.1. The first-order valence-corrected chi connectivity index (χ1v) is 6.59. The molecule has 0 unspecified atom stereocenters. The zero-order chi connectivity index (χ0) is 14.5. The molecule has 7 nitrogen and oxygen atoms in total. The number of nitro groups is 1. The van der Waals surface area contributed by atoms with Gasteiger partial charge in [-0.3, -0.25) is 14.9 Å². The molecule has 0 radical (unpaired) electrons. The summed E-state index contributed by atoms with van der Waals surface area (Å²) in [5.41, 5.74) is 0.791. The molecule has 0 fully saturated rings. The normalized spacial score (nSPS) is 10.2. The minimum absolute atomic E-state index is 0.0241. The number of benzene rings is 1. The number of carbonyl (C=O) groups is 1. The second-order valence-electron chi connectivity index (χ2n) is 3.82. The monoisotopic (exact) mass is 293 g/mol. The average Bonchev–Trinajstić information content (AvgIpc) is 2.94. The van der Waals surface area contributed by atoms with Gasteiger partial charge in [0.05, 0.1) is 11.5 Å². The van der Waals surface area contributed by atoms with Crippen molar-refractivity contribution < 1.29 is 14.8 Å². The standard InChI is InChI=1S/C12H11N3O4S/c16-5-4-13-11(17)10-7-20-12(14-10)8-2-1-3-9(6-8)15(18)19/h1-3,6-7,16H,4-5H2,(H,13,17). The Bertz CT molecular complexity index is 641. The molecule has 2 rings (SSSR count). The number of aliphatic hydroxyl groups excluding tert-OH is 1. The zero-order valence-corrected chi connectivity index (χ0v) is 11.1. The first-order chi connectivity index (χ1) is 9.61. The number of carbonyl (C=O) groups excluding carboxylic acids is 1. The fraction of sp³-hybridized carbons (Fsp3) is 0.167. The summed E-state index contributed by atoms with van der Waals surface area (Å²) >= 11 is 1.23. The van der Waals surface area contributed by atoms with Crippen molar-refractivity contribution in [1.29, 1.82) is 0 Å². The maximum Gasteiger partial charge on any atom is 0.270 e. The van der Waals surface area contributed by atoms with Gasteiger partial charge in [-0.25, -0.2) is 4.98 Å². The first-order valence-electron chi connectivity index (χ1n) is 5.71. The maximum atomic E-state index is 11.6. The van der Waals surface area contributed by atoms with Crippen LogP contribution in [-0.4, -0.2) is 34.1 Å². The van der Waals surface area contributed by atoms with Gasteiger partial charge < -0.3 is 10.4 Å². The fourth-order valence-electron chi connectivity index (χ4n) is 1.52. The van der Waals surface area contributed by atoms with Crippen molar-refractivity contribution in [2.45, 2.75) is 0 Å². The molecule has 0 aliphatic carbocycles. The molecule has 1 aromatic carbocycles. The number of nitrogens with one attached hydrogen (secondary N) is 1. The van der Waals surface area contributed by atoms with Crippen molar-refractivity contribution in [3.8, 4) is 10.6 Å². The van der Waals surface area contributed by atoms with Gasteiger partial charge in [-0.05, 0) is 0 Å². The molecule has 0 bridgehead atoms. The van der Waals surface area contributed by atoms with Crippen LogP contribution < -0.4 is 5.32 Å². The van der Waals surface area contributed by atoms with Crippen molar-refractivity contribution >= 4 is 22.9 Å². The number of nitrogens with zero attached hydrogens (tertiary/aromatic N) is 2. The Balaban J connectivity index is 2.22. The average molecular weight is 293 g/mol. The summed E-state index contributed by atoms with van der Waals surface area (Å²) < 4.78 is 0. The van der Waals surface area contributed by atoms with Crippen LogP contribution in [0.15, 0.2) is 29.6 Å². The third-order valence-corrected chi connectivity index (χ3v) is 3.33. The third kappa shape index (κ3) is 3.16. The molecule has 0 spiro atoms. The molecule has 8 heteroatoms. The van der Waals surface area contributed by atoms with Crippen LogP contribution in [0, 0.1) is 10.1 Å². The van der Waals surface area contributed by atoms with E-state index in [0.717, 1.165) is 0 Å². The molecular formula is C12H11N3O4S.